The molecule has 0 spiro atoms. The van der Waals surface area contributed by atoms with Crippen LogP contribution in [-0.4, -0.2) is 22.1 Å². The van der Waals surface area contributed by atoms with Crippen molar-refractivity contribution in [3.8, 4) is 5.75 Å². The number of amides is 1. The zero-order valence-electron chi connectivity index (χ0n) is 10.5. The van der Waals surface area contributed by atoms with Crippen molar-refractivity contribution in [1.82, 2.24) is 0 Å². The molecule has 0 radical (unpaired) electrons. The van der Waals surface area contributed by atoms with E-state index in [1.165, 1.54) is 18.2 Å². The predicted molar refractivity (Wildman–Crippen MR) is 70.1 cm³/mol. The molecule has 0 aliphatic heterocycles. The van der Waals surface area contributed by atoms with Crippen molar-refractivity contribution in [2.75, 3.05) is 5.32 Å². The highest BCUT2D eigenvalue weighted by Crippen LogP contribution is 2.58. The third-order valence-electron chi connectivity index (χ3n) is 3.59. The molecule has 1 aliphatic rings. The molecule has 1 fully saturated rings. The summed E-state index contributed by atoms with van der Waals surface area (Å²) in [5.41, 5.74) is -0.395. The number of carbonyl (C=O) groups is 2. The zero-order valence-corrected chi connectivity index (χ0v) is 11.2. The summed E-state index contributed by atoms with van der Waals surface area (Å²) in [6.45, 7) is 3.46. The van der Waals surface area contributed by atoms with Gasteiger partial charge in [-0.15, -0.1) is 0 Å². The second kappa shape index (κ2) is 4.42. The van der Waals surface area contributed by atoms with Crippen LogP contribution in [0.15, 0.2) is 18.2 Å². The standard InChI is InChI=1S/C13H14ClNO4/c1-13(2)9(10(13)12(18)19)11(17)15-7-5-6(14)3-4-8(7)16/h3-5,9-10,16H,1-2H3,(H,15,17)(H,18,19)/t9-,10-/m1/s1. The van der Waals surface area contributed by atoms with Crippen LogP contribution < -0.4 is 5.32 Å². The van der Waals surface area contributed by atoms with E-state index in [0.717, 1.165) is 0 Å². The van der Waals surface area contributed by atoms with Crippen LogP contribution in [0.5, 0.6) is 5.75 Å². The van der Waals surface area contributed by atoms with Crippen molar-refractivity contribution in [1.29, 1.82) is 0 Å². The van der Waals surface area contributed by atoms with Gasteiger partial charge in [0.2, 0.25) is 5.91 Å². The van der Waals surface area contributed by atoms with Crippen LogP contribution in [0.2, 0.25) is 5.02 Å². The first kappa shape index (κ1) is 13.7. The van der Waals surface area contributed by atoms with Crippen molar-refractivity contribution in [3.63, 3.8) is 0 Å². The Balaban J connectivity index is 2.15. The van der Waals surface area contributed by atoms with Gasteiger partial charge in [-0.1, -0.05) is 25.4 Å². The highest BCUT2D eigenvalue weighted by atomic mass is 35.5. The third-order valence-corrected chi connectivity index (χ3v) is 3.83. The van der Waals surface area contributed by atoms with Gasteiger partial charge in [0.1, 0.15) is 5.75 Å². The fourth-order valence-electron chi connectivity index (χ4n) is 2.41. The number of hydrogen-bond donors (Lipinski definition) is 3. The smallest absolute Gasteiger partial charge is 0.307 e. The maximum absolute atomic E-state index is 12.0. The number of rotatable bonds is 3. The van der Waals surface area contributed by atoms with E-state index in [9.17, 15) is 14.7 Å². The second-order valence-corrected chi connectivity index (χ2v) is 5.70. The summed E-state index contributed by atoms with van der Waals surface area (Å²) in [5.74, 6) is -2.82. The lowest BCUT2D eigenvalue weighted by atomic mass is 10.1. The molecule has 0 unspecified atom stereocenters. The molecule has 19 heavy (non-hydrogen) atoms. The molecule has 0 saturated heterocycles. The fraction of sp³-hybridized carbons (Fsp3) is 0.385. The first-order chi connectivity index (χ1) is 8.75. The topological polar surface area (TPSA) is 86.6 Å². The molecule has 0 bridgehead atoms. The third kappa shape index (κ3) is 2.38. The fourth-order valence-corrected chi connectivity index (χ4v) is 2.58. The van der Waals surface area contributed by atoms with Gasteiger partial charge in [0, 0.05) is 5.02 Å². The van der Waals surface area contributed by atoms with Crippen LogP contribution in [0.4, 0.5) is 5.69 Å². The molecular weight excluding hydrogens is 270 g/mol. The van der Waals surface area contributed by atoms with Gasteiger partial charge in [-0.3, -0.25) is 9.59 Å². The number of aromatic hydroxyl groups is 1. The lowest BCUT2D eigenvalue weighted by Crippen LogP contribution is -2.17. The number of aliphatic carboxylic acids is 1. The number of carboxylic acids is 1. The Morgan fingerprint density at radius 2 is 1.95 bits per heavy atom. The summed E-state index contributed by atoms with van der Waals surface area (Å²) in [6, 6.07) is 4.28. The lowest BCUT2D eigenvalue weighted by molar-refractivity contribution is -0.140. The van der Waals surface area contributed by atoms with Crippen molar-refractivity contribution in [3.05, 3.63) is 23.2 Å². The van der Waals surface area contributed by atoms with Gasteiger partial charge in [0.15, 0.2) is 0 Å². The van der Waals surface area contributed by atoms with Crippen LogP contribution in [0, 0.1) is 17.3 Å². The van der Waals surface area contributed by atoms with Crippen LogP contribution in [0.1, 0.15) is 13.8 Å². The molecule has 6 heteroatoms. The van der Waals surface area contributed by atoms with Gasteiger partial charge in [-0.25, -0.2) is 0 Å². The quantitative estimate of drug-likeness (QED) is 0.743. The first-order valence-electron chi connectivity index (χ1n) is 5.77. The molecule has 0 heterocycles. The molecule has 1 aromatic carbocycles. The van der Waals surface area contributed by atoms with E-state index in [4.69, 9.17) is 16.7 Å². The van der Waals surface area contributed by atoms with E-state index in [1.54, 1.807) is 13.8 Å². The zero-order chi connectivity index (χ0) is 14.4. The number of hydrogen-bond acceptors (Lipinski definition) is 3. The van der Waals surface area contributed by atoms with Gasteiger partial charge in [-0.05, 0) is 23.6 Å². The summed E-state index contributed by atoms with van der Waals surface area (Å²) in [6.07, 6.45) is 0. The molecule has 3 N–H and O–H groups in total. The van der Waals surface area contributed by atoms with Gasteiger partial charge in [-0.2, -0.15) is 0 Å². The number of anilines is 1. The minimum Gasteiger partial charge on any atom is -0.506 e. The SMILES string of the molecule is CC1(C)[C@@H](C(=O)O)[C@@H]1C(=O)Nc1cc(Cl)ccc1O. The van der Waals surface area contributed by atoms with Crippen molar-refractivity contribution in [2.24, 2.45) is 17.3 Å². The highest BCUT2D eigenvalue weighted by Gasteiger charge is 2.65. The van der Waals surface area contributed by atoms with Crippen molar-refractivity contribution in [2.45, 2.75) is 13.8 Å². The maximum Gasteiger partial charge on any atom is 0.307 e. The number of phenolic OH excluding ortho intramolecular Hbond substituents is 1. The second-order valence-electron chi connectivity index (χ2n) is 5.27. The highest BCUT2D eigenvalue weighted by molar-refractivity contribution is 6.31. The average molecular weight is 284 g/mol. The molecule has 1 amide bonds. The van der Waals surface area contributed by atoms with Crippen LogP contribution in [-0.2, 0) is 9.59 Å². The van der Waals surface area contributed by atoms with E-state index in [-0.39, 0.29) is 11.4 Å². The lowest BCUT2D eigenvalue weighted by Gasteiger charge is -2.08. The Kier molecular flexibility index (Phi) is 3.18. The molecule has 102 valence electrons. The van der Waals surface area contributed by atoms with Crippen molar-refractivity contribution >= 4 is 29.2 Å². The summed E-state index contributed by atoms with van der Waals surface area (Å²) in [4.78, 5) is 23.1. The Labute approximate surface area is 115 Å². The molecule has 1 saturated carbocycles. The van der Waals surface area contributed by atoms with E-state index in [0.29, 0.717) is 5.02 Å². The molecular formula is C13H14ClNO4. The minimum absolute atomic E-state index is 0.108. The molecule has 0 aromatic heterocycles. The maximum atomic E-state index is 12.0. The van der Waals surface area contributed by atoms with Gasteiger partial charge >= 0.3 is 5.97 Å². The van der Waals surface area contributed by atoms with E-state index in [2.05, 4.69) is 5.32 Å². The molecule has 2 rings (SSSR count). The van der Waals surface area contributed by atoms with Crippen LogP contribution in [0.25, 0.3) is 0 Å². The molecule has 2 atom stereocenters. The van der Waals surface area contributed by atoms with Crippen molar-refractivity contribution < 1.29 is 19.8 Å². The first-order valence-corrected chi connectivity index (χ1v) is 6.15. The number of benzene rings is 1. The Morgan fingerprint density at radius 1 is 1.32 bits per heavy atom. The van der Waals surface area contributed by atoms with Crippen LogP contribution in [0.3, 0.4) is 0 Å². The summed E-state index contributed by atoms with van der Waals surface area (Å²) >= 11 is 5.77. The van der Waals surface area contributed by atoms with E-state index in [1.807, 2.05) is 0 Å². The summed E-state index contributed by atoms with van der Waals surface area (Å²) < 4.78 is 0. The largest absolute Gasteiger partial charge is 0.506 e. The number of halogens is 1. The Morgan fingerprint density at radius 3 is 2.47 bits per heavy atom. The Bertz CT molecular complexity index is 556. The van der Waals surface area contributed by atoms with E-state index < -0.39 is 29.1 Å². The van der Waals surface area contributed by atoms with Gasteiger partial charge in [0.05, 0.1) is 17.5 Å². The minimum atomic E-state index is -0.986. The molecule has 1 aliphatic carbocycles. The van der Waals surface area contributed by atoms with Crippen LogP contribution >= 0.6 is 11.6 Å². The number of carboxylic acid groups (broad SMARTS) is 1. The molecule has 1 aromatic rings. The normalized spacial score (nSPS) is 23.7. The summed E-state index contributed by atoms with van der Waals surface area (Å²) in [7, 11) is 0. The number of phenols is 1. The monoisotopic (exact) mass is 283 g/mol. The van der Waals surface area contributed by atoms with Gasteiger partial charge in [0.25, 0.3) is 0 Å². The average Bonchev–Trinajstić information content (AvgIpc) is 2.87. The summed E-state index contributed by atoms with van der Waals surface area (Å²) in [5, 5.41) is 21.5. The predicted octanol–water partition coefficient (Wildman–Crippen LogP) is 2.34. The van der Waals surface area contributed by atoms with E-state index >= 15 is 0 Å². The number of carbonyl (C=O) groups excluding carboxylic acids is 1. The Hall–Kier alpha value is -1.75. The van der Waals surface area contributed by atoms with Gasteiger partial charge < -0.3 is 15.5 Å². The number of nitrogens with one attached hydrogen (secondary N) is 1. The molecule has 5 nitrogen and oxygen atoms in total.